The Bertz CT molecular complexity index is 763. The second-order valence-electron chi connectivity index (χ2n) is 6.21. The molecule has 0 saturated carbocycles. The number of phenolic OH excluding ortho intramolecular Hbond substituents is 1. The summed E-state index contributed by atoms with van der Waals surface area (Å²) in [5.74, 6) is -1.21. The first-order valence-corrected chi connectivity index (χ1v) is 8.00. The van der Waals surface area contributed by atoms with Crippen molar-refractivity contribution in [1.29, 1.82) is 0 Å². The molecule has 0 radical (unpaired) electrons. The number of methoxy groups -OCH3 is 1. The summed E-state index contributed by atoms with van der Waals surface area (Å²) in [6.07, 6.45) is 2.17. The third kappa shape index (κ3) is 3.07. The summed E-state index contributed by atoms with van der Waals surface area (Å²) in [7, 11) is 1.51. The first-order chi connectivity index (χ1) is 11.9. The number of carboxylic acid groups (broad SMARTS) is 1. The lowest BCUT2D eigenvalue weighted by atomic mass is 9.93. The van der Waals surface area contributed by atoms with Crippen LogP contribution in [0.1, 0.15) is 33.5 Å². The highest BCUT2D eigenvalue weighted by atomic mass is 16.5. The lowest BCUT2D eigenvalue weighted by Gasteiger charge is -2.16. The van der Waals surface area contributed by atoms with Crippen molar-refractivity contribution >= 4 is 11.9 Å². The molecule has 3 rings (SSSR count). The number of aliphatic carboxylic acids is 1. The number of ether oxygens (including phenoxy) is 3. The van der Waals surface area contributed by atoms with E-state index < -0.39 is 11.9 Å². The van der Waals surface area contributed by atoms with Gasteiger partial charge in [0.25, 0.3) is 0 Å². The topological polar surface area (TPSA) is 102 Å². The van der Waals surface area contributed by atoms with Crippen LogP contribution in [0.15, 0.2) is 11.6 Å². The van der Waals surface area contributed by atoms with Crippen molar-refractivity contribution in [2.24, 2.45) is 5.92 Å². The smallest absolute Gasteiger partial charge is 0.342 e. The van der Waals surface area contributed by atoms with Crippen LogP contribution in [0.4, 0.5) is 0 Å². The second kappa shape index (κ2) is 6.76. The van der Waals surface area contributed by atoms with Crippen molar-refractivity contribution in [1.82, 2.24) is 0 Å². The van der Waals surface area contributed by atoms with Crippen LogP contribution in [0.3, 0.4) is 0 Å². The Morgan fingerprint density at radius 2 is 2.16 bits per heavy atom. The Morgan fingerprint density at radius 3 is 2.84 bits per heavy atom. The first kappa shape index (κ1) is 17.3. The van der Waals surface area contributed by atoms with Gasteiger partial charge in [0.15, 0.2) is 0 Å². The number of phenols is 1. The number of hydrogen-bond donors (Lipinski definition) is 2. The van der Waals surface area contributed by atoms with Gasteiger partial charge in [-0.1, -0.05) is 6.08 Å². The molecule has 1 saturated heterocycles. The van der Waals surface area contributed by atoms with Crippen molar-refractivity contribution in [2.45, 2.75) is 26.4 Å². The van der Waals surface area contributed by atoms with E-state index in [4.69, 9.17) is 19.3 Å². The molecular formula is C18H20O7. The number of cyclic esters (lactones) is 1. The predicted molar refractivity (Wildman–Crippen MR) is 86.9 cm³/mol. The third-order valence-electron chi connectivity index (χ3n) is 4.75. The van der Waals surface area contributed by atoms with Crippen LogP contribution < -0.4 is 4.74 Å². The summed E-state index contributed by atoms with van der Waals surface area (Å²) >= 11 is 0. The normalized spacial score (nSPS) is 20.6. The maximum atomic E-state index is 11.9. The summed E-state index contributed by atoms with van der Waals surface area (Å²) in [5.41, 5.74) is 2.97. The fraction of sp³-hybridized carbons (Fsp3) is 0.444. The molecule has 1 unspecified atom stereocenters. The monoisotopic (exact) mass is 348 g/mol. The summed E-state index contributed by atoms with van der Waals surface area (Å²) < 4.78 is 15.8. The number of carbonyl (C=O) groups excluding carboxylic acids is 1. The van der Waals surface area contributed by atoms with Gasteiger partial charge in [0.1, 0.15) is 23.7 Å². The summed E-state index contributed by atoms with van der Waals surface area (Å²) in [5, 5.41) is 19.5. The number of allylic oxidation sites excluding steroid dienone is 1. The summed E-state index contributed by atoms with van der Waals surface area (Å²) in [6, 6.07) is 0. The van der Waals surface area contributed by atoms with Crippen LogP contribution in [0.25, 0.3) is 0 Å². The van der Waals surface area contributed by atoms with Crippen molar-refractivity contribution in [3.05, 3.63) is 33.9 Å². The standard InChI is InChI=1S/C18H20O7/c1-9-13-8-25-18(22)15(13)16(21)12(17(9)23-2)4-3-10-6-24-7-11(10)5-14(19)20/h3,11,21H,4-8H2,1-2H3,(H,19,20)/b10-3-. The molecule has 0 amide bonds. The number of carboxylic acids is 1. The fourth-order valence-electron chi connectivity index (χ4n) is 3.43. The average Bonchev–Trinajstić information content (AvgIpc) is 3.15. The Morgan fingerprint density at radius 1 is 1.40 bits per heavy atom. The quantitative estimate of drug-likeness (QED) is 0.619. The van der Waals surface area contributed by atoms with Gasteiger partial charge < -0.3 is 24.4 Å². The van der Waals surface area contributed by atoms with Gasteiger partial charge in [0.05, 0.1) is 26.7 Å². The average molecular weight is 348 g/mol. The molecule has 2 aliphatic heterocycles. The lowest BCUT2D eigenvalue weighted by molar-refractivity contribution is -0.137. The molecule has 25 heavy (non-hydrogen) atoms. The number of benzene rings is 1. The van der Waals surface area contributed by atoms with Crippen LogP contribution in [0.2, 0.25) is 0 Å². The summed E-state index contributed by atoms with van der Waals surface area (Å²) in [4.78, 5) is 22.8. The zero-order valence-electron chi connectivity index (χ0n) is 14.1. The minimum absolute atomic E-state index is 0.00446. The summed E-state index contributed by atoms with van der Waals surface area (Å²) in [6.45, 7) is 2.69. The molecular weight excluding hydrogens is 328 g/mol. The fourth-order valence-corrected chi connectivity index (χ4v) is 3.43. The zero-order chi connectivity index (χ0) is 18.1. The molecule has 2 aliphatic rings. The highest BCUT2D eigenvalue weighted by molar-refractivity contribution is 5.98. The molecule has 1 aromatic carbocycles. The van der Waals surface area contributed by atoms with E-state index in [1.807, 2.05) is 13.0 Å². The maximum absolute atomic E-state index is 11.9. The van der Waals surface area contributed by atoms with Crippen LogP contribution in [0.5, 0.6) is 11.5 Å². The van der Waals surface area contributed by atoms with E-state index in [1.165, 1.54) is 7.11 Å². The Hall–Kier alpha value is -2.54. The number of esters is 1. The molecule has 2 N–H and O–H groups in total. The Kier molecular flexibility index (Phi) is 4.67. The highest BCUT2D eigenvalue weighted by Gasteiger charge is 2.32. The van der Waals surface area contributed by atoms with Gasteiger partial charge in [-0.05, 0) is 24.5 Å². The molecule has 0 aliphatic carbocycles. The van der Waals surface area contributed by atoms with Gasteiger partial charge in [-0.3, -0.25) is 4.79 Å². The van der Waals surface area contributed by atoms with E-state index in [2.05, 4.69) is 0 Å². The van der Waals surface area contributed by atoms with Crippen molar-refractivity contribution in [2.75, 3.05) is 20.3 Å². The molecule has 2 heterocycles. The van der Waals surface area contributed by atoms with Gasteiger partial charge in [-0.25, -0.2) is 4.79 Å². The minimum Gasteiger partial charge on any atom is -0.507 e. The van der Waals surface area contributed by atoms with Crippen LogP contribution >= 0.6 is 0 Å². The number of fused-ring (bicyclic) bond motifs is 1. The molecule has 0 bridgehead atoms. The molecule has 134 valence electrons. The lowest BCUT2D eigenvalue weighted by Crippen LogP contribution is -2.09. The Labute approximate surface area is 144 Å². The van der Waals surface area contributed by atoms with Crippen LogP contribution in [-0.4, -0.2) is 42.5 Å². The van der Waals surface area contributed by atoms with E-state index in [0.717, 1.165) is 11.1 Å². The van der Waals surface area contributed by atoms with Gasteiger partial charge in [0, 0.05) is 17.0 Å². The largest absolute Gasteiger partial charge is 0.507 e. The van der Waals surface area contributed by atoms with Crippen molar-refractivity contribution in [3.63, 3.8) is 0 Å². The van der Waals surface area contributed by atoms with Crippen LogP contribution in [0, 0.1) is 12.8 Å². The molecule has 1 fully saturated rings. The number of hydrogen-bond acceptors (Lipinski definition) is 6. The maximum Gasteiger partial charge on any atom is 0.342 e. The molecule has 7 heteroatoms. The third-order valence-corrected chi connectivity index (χ3v) is 4.75. The van der Waals surface area contributed by atoms with Crippen molar-refractivity contribution in [3.8, 4) is 11.5 Å². The minimum atomic E-state index is -0.877. The van der Waals surface area contributed by atoms with Gasteiger partial charge in [-0.2, -0.15) is 0 Å². The molecule has 0 spiro atoms. The predicted octanol–water partition coefficient (Wildman–Crippen LogP) is 1.97. The molecule has 7 nitrogen and oxygen atoms in total. The number of aromatic hydroxyl groups is 1. The molecule has 0 aromatic heterocycles. The van der Waals surface area contributed by atoms with Crippen molar-refractivity contribution < 1.29 is 34.0 Å². The Balaban J connectivity index is 1.96. The van der Waals surface area contributed by atoms with E-state index >= 15 is 0 Å². The second-order valence-corrected chi connectivity index (χ2v) is 6.21. The first-order valence-electron chi connectivity index (χ1n) is 8.00. The highest BCUT2D eigenvalue weighted by Crippen LogP contribution is 2.42. The van der Waals surface area contributed by atoms with E-state index in [9.17, 15) is 14.7 Å². The van der Waals surface area contributed by atoms with Gasteiger partial charge in [0.2, 0.25) is 0 Å². The zero-order valence-corrected chi connectivity index (χ0v) is 14.1. The van der Waals surface area contributed by atoms with Crippen LogP contribution in [-0.2, 0) is 27.3 Å². The van der Waals surface area contributed by atoms with E-state index in [1.54, 1.807) is 0 Å². The number of carbonyl (C=O) groups is 2. The van der Waals surface area contributed by atoms with Gasteiger partial charge >= 0.3 is 11.9 Å². The molecule has 1 aromatic rings. The molecule has 1 atom stereocenters. The van der Waals surface area contributed by atoms with E-state index in [-0.39, 0.29) is 30.3 Å². The number of rotatable bonds is 5. The van der Waals surface area contributed by atoms with Gasteiger partial charge in [-0.15, -0.1) is 0 Å². The SMILES string of the molecule is COc1c(C)c2c(c(O)c1C/C=C1/COCC1CC(=O)O)C(=O)OC2. The van der Waals surface area contributed by atoms with E-state index in [0.29, 0.717) is 36.5 Å².